The highest BCUT2D eigenvalue weighted by Gasteiger charge is 2.37. The van der Waals surface area contributed by atoms with E-state index in [1.165, 1.54) is 32.1 Å². The average molecular weight is 357 g/mol. The van der Waals surface area contributed by atoms with E-state index in [4.69, 9.17) is 0 Å². The maximum Gasteiger partial charge on any atom is 0.252 e. The Kier molecular flexibility index (Phi) is 4.48. The van der Waals surface area contributed by atoms with E-state index in [2.05, 4.69) is 26.6 Å². The first-order chi connectivity index (χ1) is 9.67. The van der Waals surface area contributed by atoms with E-state index in [1.807, 2.05) is 11.4 Å². The fourth-order valence-electron chi connectivity index (χ4n) is 3.59. The molecule has 1 aliphatic carbocycles. The molecule has 1 aromatic rings. The fraction of sp³-hybridized carbons (Fsp3) is 0.667. The zero-order valence-corrected chi connectivity index (χ0v) is 14.0. The lowest BCUT2D eigenvalue weighted by Gasteiger charge is -2.44. The van der Waals surface area contributed by atoms with Gasteiger partial charge in [-0.15, -0.1) is 11.3 Å². The number of hydrogen-bond donors (Lipinski definition) is 2. The van der Waals surface area contributed by atoms with Crippen LogP contribution < -0.4 is 10.6 Å². The maximum absolute atomic E-state index is 12.3. The van der Waals surface area contributed by atoms with Crippen LogP contribution >= 0.6 is 27.3 Å². The van der Waals surface area contributed by atoms with Crippen molar-refractivity contribution in [3.63, 3.8) is 0 Å². The summed E-state index contributed by atoms with van der Waals surface area (Å²) in [5.74, 6) is 0.0739. The van der Waals surface area contributed by atoms with E-state index in [1.54, 1.807) is 11.3 Å². The minimum Gasteiger partial charge on any atom is -0.349 e. The van der Waals surface area contributed by atoms with Gasteiger partial charge >= 0.3 is 0 Å². The van der Waals surface area contributed by atoms with Crippen LogP contribution in [0.1, 0.15) is 55.3 Å². The number of thiophene rings is 1. The molecule has 1 spiro atoms. The lowest BCUT2D eigenvalue weighted by molar-refractivity contribution is 0.0893. The Morgan fingerprint density at radius 2 is 2.20 bits per heavy atom. The summed E-state index contributed by atoms with van der Waals surface area (Å²) in [4.78, 5) is 12.3. The van der Waals surface area contributed by atoms with Crippen molar-refractivity contribution in [2.45, 2.75) is 56.5 Å². The third-order valence-electron chi connectivity index (χ3n) is 4.61. The molecule has 0 radical (unpaired) electrons. The summed E-state index contributed by atoms with van der Waals surface area (Å²) in [7, 11) is 0. The van der Waals surface area contributed by atoms with Crippen molar-refractivity contribution in [3.8, 4) is 0 Å². The summed E-state index contributed by atoms with van der Waals surface area (Å²) >= 11 is 4.97. The molecule has 1 atom stereocenters. The van der Waals surface area contributed by atoms with E-state index >= 15 is 0 Å². The third-order valence-corrected chi connectivity index (χ3v) is 6.11. The van der Waals surface area contributed by atoms with Gasteiger partial charge in [-0.1, -0.05) is 19.3 Å². The second-order valence-corrected chi connectivity index (χ2v) is 8.36. The number of rotatable bonds is 2. The van der Waals surface area contributed by atoms with Crippen LogP contribution in [-0.2, 0) is 0 Å². The second kappa shape index (κ2) is 6.16. The highest BCUT2D eigenvalue weighted by atomic mass is 79.9. The van der Waals surface area contributed by atoms with Crippen LogP contribution in [0, 0.1) is 0 Å². The van der Waals surface area contributed by atoms with E-state index in [-0.39, 0.29) is 5.91 Å². The maximum atomic E-state index is 12.3. The topological polar surface area (TPSA) is 41.1 Å². The van der Waals surface area contributed by atoms with Gasteiger partial charge in [0.2, 0.25) is 0 Å². The van der Waals surface area contributed by atoms with Crippen molar-refractivity contribution < 1.29 is 4.79 Å². The quantitative estimate of drug-likeness (QED) is 0.848. The largest absolute Gasteiger partial charge is 0.349 e. The van der Waals surface area contributed by atoms with Gasteiger partial charge in [-0.3, -0.25) is 4.79 Å². The summed E-state index contributed by atoms with van der Waals surface area (Å²) in [6.45, 7) is 1.03. The smallest absolute Gasteiger partial charge is 0.252 e. The summed E-state index contributed by atoms with van der Waals surface area (Å²) in [6, 6.07) is 2.22. The van der Waals surface area contributed by atoms with Gasteiger partial charge in [0.25, 0.3) is 5.91 Å². The Hall–Kier alpha value is -0.390. The van der Waals surface area contributed by atoms with Crippen molar-refractivity contribution in [1.82, 2.24) is 10.6 Å². The van der Waals surface area contributed by atoms with Crippen LogP contribution in [0.15, 0.2) is 15.2 Å². The minimum absolute atomic E-state index is 0.0739. The Bertz CT molecular complexity index is 476. The van der Waals surface area contributed by atoms with Gasteiger partial charge in [0, 0.05) is 17.0 Å². The number of piperidine rings is 1. The number of amides is 1. The molecule has 1 saturated heterocycles. The minimum atomic E-state index is 0.0739. The molecule has 1 aliphatic heterocycles. The average Bonchev–Trinajstić information content (AvgIpc) is 2.86. The normalized spacial score (nSPS) is 25.6. The molecule has 3 nitrogen and oxygen atoms in total. The highest BCUT2D eigenvalue weighted by Crippen LogP contribution is 2.34. The van der Waals surface area contributed by atoms with Gasteiger partial charge < -0.3 is 10.6 Å². The first kappa shape index (κ1) is 14.5. The number of carbonyl (C=O) groups excluding carboxylic acids is 1. The first-order valence-electron chi connectivity index (χ1n) is 7.47. The molecule has 110 valence electrons. The molecule has 0 aromatic carbocycles. The van der Waals surface area contributed by atoms with Crippen LogP contribution in [0.2, 0.25) is 0 Å². The van der Waals surface area contributed by atoms with Crippen molar-refractivity contribution >= 4 is 33.2 Å². The van der Waals surface area contributed by atoms with Crippen molar-refractivity contribution in [1.29, 1.82) is 0 Å². The third kappa shape index (κ3) is 3.26. The Morgan fingerprint density at radius 3 is 2.90 bits per heavy atom. The molecule has 2 heterocycles. The molecule has 2 N–H and O–H groups in total. The predicted molar refractivity (Wildman–Crippen MR) is 86.3 cm³/mol. The van der Waals surface area contributed by atoms with E-state index in [9.17, 15) is 4.79 Å². The standard InChI is InChI=1S/C15H21BrN2OS/c16-13-8-11(10-20-13)14(19)18-12-4-7-17-15(9-12)5-2-1-3-6-15/h8,10,12,17H,1-7,9H2,(H,18,19). The molecule has 1 saturated carbocycles. The fourth-order valence-corrected chi connectivity index (χ4v) is 4.72. The van der Waals surface area contributed by atoms with Gasteiger partial charge in [0.05, 0.1) is 9.35 Å². The molecule has 2 fully saturated rings. The summed E-state index contributed by atoms with van der Waals surface area (Å²) < 4.78 is 1.01. The summed E-state index contributed by atoms with van der Waals surface area (Å²) in [6.07, 6.45) is 8.68. The van der Waals surface area contributed by atoms with Crippen LogP contribution in [0.5, 0.6) is 0 Å². The molecular weight excluding hydrogens is 336 g/mol. The van der Waals surface area contributed by atoms with Crippen LogP contribution in [0.4, 0.5) is 0 Å². The van der Waals surface area contributed by atoms with Crippen LogP contribution in [0.25, 0.3) is 0 Å². The van der Waals surface area contributed by atoms with Gasteiger partial charge in [-0.2, -0.15) is 0 Å². The SMILES string of the molecule is O=C(NC1CCNC2(CCCCC2)C1)c1csc(Br)c1. The lowest BCUT2D eigenvalue weighted by Crippen LogP contribution is -2.57. The number of halogens is 1. The molecule has 1 unspecified atom stereocenters. The van der Waals surface area contributed by atoms with Gasteiger partial charge in [-0.25, -0.2) is 0 Å². The van der Waals surface area contributed by atoms with Crippen molar-refractivity contribution in [3.05, 3.63) is 20.8 Å². The van der Waals surface area contributed by atoms with E-state index in [0.29, 0.717) is 11.6 Å². The Balaban J connectivity index is 1.61. The van der Waals surface area contributed by atoms with Crippen molar-refractivity contribution in [2.75, 3.05) is 6.54 Å². The van der Waals surface area contributed by atoms with Gasteiger partial charge in [0.15, 0.2) is 0 Å². The summed E-state index contributed by atoms with van der Waals surface area (Å²) in [5, 5.41) is 8.87. The molecule has 2 aliphatic rings. The molecule has 5 heteroatoms. The first-order valence-corrected chi connectivity index (χ1v) is 9.14. The number of nitrogens with one attached hydrogen (secondary N) is 2. The van der Waals surface area contributed by atoms with Gasteiger partial charge in [0.1, 0.15) is 0 Å². The zero-order chi connectivity index (χ0) is 14.0. The van der Waals surface area contributed by atoms with Crippen molar-refractivity contribution in [2.24, 2.45) is 0 Å². The number of carbonyl (C=O) groups is 1. The molecule has 1 amide bonds. The Labute approximate surface area is 132 Å². The molecular formula is C15H21BrN2OS. The molecule has 3 rings (SSSR count). The zero-order valence-electron chi connectivity index (χ0n) is 11.6. The van der Waals surface area contributed by atoms with E-state index in [0.717, 1.165) is 28.7 Å². The highest BCUT2D eigenvalue weighted by molar-refractivity contribution is 9.11. The molecule has 0 bridgehead atoms. The molecule has 20 heavy (non-hydrogen) atoms. The Morgan fingerprint density at radius 1 is 1.40 bits per heavy atom. The lowest BCUT2D eigenvalue weighted by atomic mass is 9.75. The number of hydrogen-bond acceptors (Lipinski definition) is 3. The van der Waals surface area contributed by atoms with Gasteiger partial charge in [-0.05, 0) is 54.2 Å². The second-order valence-electron chi connectivity index (χ2n) is 6.07. The summed E-state index contributed by atoms with van der Waals surface area (Å²) in [5.41, 5.74) is 1.07. The predicted octanol–water partition coefficient (Wildman–Crippen LogP) is 3.70. The monoisotopic (exact) mass is 356 g/mol. The van der Waals surface area contributed by atoms with Crippen LogP contribution in [-0.4, -0.2) is 24.0 Å². The van der Waals surface area contributed by atoms with Crippen LogP contribution in [0.3, 0.4) is 0 Å². The van der Waals surface area contributed by atoms with E-state index < -0.39 is 0 Å². The molecule has 1 aromatic heterocycles.